The molecule has 0 saturated carbocycles. The summed E-state index contributed by atoms with van der Waals surface area (Å²) in [7, 11) is 0. The van der Waals surface area contributed by atoms with Gasteiger partial charge in [-0.15, -0.1) is 0 Å². The molecule has 19 heavy (non-hydrogen) atoms. The Morgan fingerprint density at radius 1 is 1.47 bits per heavy atom. The molecule has 4 heteroatoms. The van der Waals surface area contributed by atoms with Crippen LogP contribution in [-0.4, -0.2) is 30.4 Å². The second kappa shape index (κ2) is 6.35. The molecule has 2 atom stereocenters. The van der Waals surface area contributed by atoms with E-state index >= 15 is 0 Å². The first-order valence-electron chi connectivity index (χ1n) is 6.89. The number of benzene rings is 1. The minimum atomic E-state index is -0.212. The quantitative estimate of drug-likeness (QED) is 0.829. The molecule has 2 unspecified atom stereocenters. The Hall–Kier alpha value is -1.13. The smallest absolute Gasteiger partial charge is 0.123 e. The average molecular weight is 267 g/mol. The number of halogens is 1. The van der Waals surface area contributed by atoms with E-state index in [0.29, 0.717) is 5.92 Å². The summed E-state index contributed by atoms with van der Waals surface area (Å²) in [5, 5.41) is 12.5. The van der Waals surface area contributed by atoms with Gasteiger partial charge in [-0.05, 0) is 30.5 Å². The number of aliphatic hydroxyl groups excluding tert-OH is 1. The minimum Gasteiger partial charge on any atom is -0.488 e. The molecule has 3 nitrogen and oxygen atoms in total. The van der Waals surface area contributed by atoms with E-state index in [4.69, 9.17) is 9.84 Å². The van der Waals surface area contributed by atoms with E-state index in [1.54, 1.807) is 12.1 Å². The van der Waals surface area contributed by atoms with Crippen molar-refractivity contribution in [1.82, 2.24) is 5.32 Å². The molecule has 0 aliphatic carbocycles. The van der Waals surface area contributed by atoms with E-state index in [-0.39, 0.29) is 24.6 Å². The fourth-order valence-corrected chi connectivity index (χ4v) is 2.50. The van der Waals surface area contributed by atoms with Crippen LogP contribution in [0.15, 0.2) is 18.2 Å². The summed E-state index contributed by atoms with van der Waals surface area (Å²) in [6, 6.07) is 4.95. The van der Waals surface area contributed by atoms with Crippen molar-refractivity contribution in [2.75, 3.05) is 13.2 Å². The Morgan fingerprint density at radius 3 is 2.95 bits per heavy atom. The lowest BCUT2D eigenvalue weighted by Gasteiger charge is -2.23. The van der Waals surface area contributed by atoms with Gasteiger partial charge in [-0.3, -0.25) is 0 Å². The van der Waals surface area contributed by atoms with Crippen molar-refractivity contribution in [2.45, 2.75) is 38.8 Å². The predicted octanol–water partition coefficient (Wildman–Crippen LogP) is 2.13. The summed E-state index contributed by atoms with van der Waals surface area (Å²) < 4.78 is 18.9. The van der Waals surface area contributed by atoms with Crippen LogP contribution in [0.25, 0.3) is 0 Å². The molecule has 1 aromatic rings. The SMILES string of the molecule is CC(C)C(CCO)NCC1Cc2cc(F)ccc2O1. The number of rotatable bonds is 6. The Morgan fingerprint density at radius 2 is 2.26 bits per heavy atom. The highest BCUT2D eigenvalue weighted by atomic mass is 19.1. The van der Waals surface area contributed by atoms with Crippen LogP contribution in [0.1, 0.15) is 25.8 Å². The third kappa shape index (κ3) is 3.67. The van der Waals surface area contributed by atoms with Crippen molar-refractivity contribution < 1.29 is 14.2 Å². The van der Waals surface area contributed by atoms with Crippen molar-refractivity contribution >= 4 is 0 Å². The van der Waals surface area contributed by atoms with Gasteiger partial charge in [-0.1, -0.05) is 13.8 Å². The Balaban J connectivity index is 1.86. The number of aliphatic hydroxyl groups is 1. The zero-order chi connectivity index (χ0) is 13.8. The highest BCUT2D eigenvalue weighted by Crippen LogP contribution is 2.29. The second-order valence-corrected chi connectivity index (χ2v) is 5.47. The zero-order valence-electron chi connectivity index (χ0n) is 11.5. The molecular weight excluding hydrogens is 245 g/mol. The van der Waals surface area contributed by atoms with Crippen LogP contribution >= 0.6 is 0 Å². The van der Waals surface area contributed by atoms with Crippen molar-refractivity contribution in [3.05, 3.63) is 29.6 Å². The van der Waals surface area contributed by atoms with Gasteiger partial charge in [0, 0.05) is 31.2 Å². The van der Waals surface area contributed by atoms with Crippen molar-refractivity contribution in [3.63, 3.8) is 0 Å². The molecule has 0 bridgehead atoms. The molecule has 1 aliphatic heterocycles. The Labute approximate surface area is 113 Å². The van der Waals surface area contributed by atoms with E-state index < -0.39 is 0 Å². The monoisotopic (exact) mass is 267 g/mol. The lowest BCUT2D eigenvalue weighted by Crippen LogP contribution is -2.40. The fourth-order valence-electron chi connectivity index (χ4n) is 2.50. The number of hydrogen-bond donors (Lipinski definition) is 2. The van der Waals surface area contributed by atoms with Crippen LogP contribution in [0, 0.1) is 11.7 Å². The normalized spacial score (nSPS) is 19.3. The topological polar surface area (TPSA) is 41.5 Å². The molecule has 0 aromatic heterocycles. The van der Waals surface area contributed by atoms with Gasteiger partial charge in [0.05, 0.1) is 0 Å². The molecule has 0 saturated heterocycles. The predicted molar refractivity (Wildman–Crippen MR) is 72.9 cm³/mol. The first kappa shape index (κ1) is 14.3. The summed E-state index contributed by atoms with van der Waals surface area (Å²) >= 11 is 0. The van der Waals surface area contributed by atoms with Crippen molar-refractivity contribution in [1.29, 1.82) is 0 Å². The number of ether oxygens (including phenoxy) is 1. The van der Waals surface area contributed by atoms with Gasteiger partial charge in [0.1, 0.15) is 17.7 Å². The van der Waals surface area contributed by atoms with Crippen LogP contribution in [0.2, 0.25) is 0 Å². The second-order valence-electron chi connectivity index (χ2n) is 5.47. The highest BCUT2D eigenvalue weighted by Gasteiger charge is 2.24. The van der Waals surface area contributed by atoms with Gasteiger partial charge in [0.2, 0.25) is 0 Å². The third-order valence-electron chi connectivity index (χ3n) is 3.62. The standard InChI is InChI=1S/C15H22FNO2/c1-10(2)14(5-6-18)17-9-13-8-11-7-12(16)3-4-15(11)19-13/h3-4,7,10,13-14,17-18H,5-6,8-9H2,1-2H3. The van der Waals surface area contributed by atoms with Crippen molar-refractivity contribution in [3.8, 4) is 5.75 Å². The van der Waals surface area contributed by atoms with Gasteiger partial charge in [0.15, 0.2) is 0 Å². The molecule has 2 rings (SSSR count). The Kier molecular flexibility index (Phi) is 4.77. The van der Waals surface area contributed by atoms with Crippen LogP contribution in [0.3, 0.4) is 0 Å². The highest BCUT2D eigenvalue weighted by molar-refractivity contribution is 5.37. The lowest BCUT2D eigenvalue weighted by atomic mass is 10.0. The number of nitrogens with one attached hydrogen (secondary N) is 1. The molecule has 0 radical (unpaired) electrons. The molecule has 0 fully saturated rings. The third-order valence-corrected chi connectivity index (χ3v) is 3.62. The minimum absolute atomic E-state index is 0.0525. The van der Waals surface area contributed by atoms with E-state index in [1.807, 2.05) is 0 Å². The molecule has 1 heterocycles. The molecule has 0 amide bonds. The summed E-state index contributed by atoms with van der Waals surface area (Å²) in [5.74, 6) is 1.04. The lowest BCUT2D eigenvalue weighted by molar-refractivity contribution is 0.198. The van der Waals surface area contributed by atoms with Crippen LogP contribution < -0.4 is 10.1 Å². The summed E-state index contributed by atoms with van der Waals surface area (Å²) in [6.07, 6.45) is 1.53. The van der Waals surface area contributed by atoms with E-state index in [2.05, 4.69) is 19.2 Å². The first-order valence-corrected chi connectivity index (χ1v) is 6.89. The van der Waals surface area contributed by atoms with E-state index in [1.165, 1.54) is 6.07 Å². The number of hydrogen-bond acceptors (Lipinski definition) is 3. The molecule has 2 N–H and O–H groups in total. The molecule has 1 aromatic carbocycles. The van der Waals surface area contributed by atoms with Gasteiger partial charge >= 0.3 is 0 Å². The van der Waals surface area contributed by atoms with E-state index in [0.717, 1.165) is 30.7 Å². The maximum absolute atomic E-state index is 13.1. The summed E-state index contributed by atoms with van der Waals surface area (Å²) in [6.45, 7) is 5.17. The van der Waals surface area contributed by atoms with Crippen LogP contribution in [-0.2, 0) is 6.42 Å². The molecule has 1 aliphatic rings. The maximum Gasteiger partial charge on any atom is 0.123 e. The number of fused-ring (bicyclic) bond motifs is 1. The van der Waals surface area contributed by atoms with Gasteiger partial charge in [0.25, 0.3) is 0 Å². The molecular formula is C15H22FNO2. The summed E-state index contributed by atoms with van der Waals surface area (Å²) in [4.78, 5) is 0. The molecule has 106 valence electrons. The molecule has 0 spiro atoms. The van der Waals surface area contributed by atoms with Crippen molar-refractivity contribution in [2.24, 2.45) is 5.92 Å². The van der Waals surface area contributed by atoms with Gasteiger partial charge in [-0.25, -0.2) is 4.39 Å². The average Bonchev–Trinajstić information content (AvgIpc) is 2.75. The Bertz CT molecular complexity index is 423. The van der Waals surface area contributed by atoms with E-state index in [9.17, 15) is 4.39 Å². The van der Waals surface area contributed by atoms with Crippen LogP contribution in [0.4, 0.5) is 4.39 Å². The maximum atomic E-state index is 13.1. The van der Waals surface area contributed by atoms with Gasteiger partial charge in [-0.2, -0.15) is 0 Å². The van der Waals surface area contributed by atoms with Crippen LogP contribution in [0.5, 0.6) is 5.75 Å². The zero-order valence-corrected chi connectivity index (χ0v) is 11.5. The summed E-state index contributed by atoms with van der Waals surface area (Å²) in [5.41, 5.74) is 0.940. The largest absolute Gasteiger partial charge is 0.488 e. The first-order chi connectivity index (χ1) is 9.10. The van der Waals surface area contributed by atoms with Gasteiger partial charge < -0.3 is 15.2 Å². The fraction of sp³-hybridized carbons (Fsp3) is 0.600.